The zero-order chi connectivity index (χ0) is 19.8. The zero-order valence-corrected chi connectivity index (χ0v) is 17.2. The molecule has 2 aromatic rings. The summed E-state index contributed by atoms with van der Waals surface area (Å²) in [5.74, 6) is 1.73. The van der Waals surface area contributed by atoms with E-state index in [9.17, 15) is 4.79 Å². The first-order valence-corrected chi connectivity index (χ1v) is 10.5. The maximum absolute atomic E-state index is 12.3. The quantitative estimate of drug-likeness (QED) is 0.299. The van der Waals surface area contributed by atoms with E-state index < -0.39 is 0 Å². The van der Waals surface area contributed by atoms with Gasteiger partial charge in [0.05, 0.1) is 10.9 Å². The number of esters is 1. The summed E-state index contributed by atoms with van der Waals surface area (Å²) in [4.78, 5) is 12.3. The number of aryl methyl sites for hydroxylation is 1. The predicted octanol–water partition coefficient (Wildman–Crippen LogP) is 6.24. The van der Waals surface area contributed by atoms with Gasteiger partial charge in [0.2, 0.25) is 0 Å². The number of benzene rings is 2. The Morgan fingerprint density at radius 3 is 2.32 bits per heavy atom. The number of carbonyl (C=O) groups excluding carboxylic acids is 1. The lowest BCUT2D eigenvalue weighted by atomic mass is 9.85. The van der Waals surface area contributed by atoms with Gasteiger partial charge in [0.25, 0.3) is 0 Å². The number of rotatable bonds is 8. The molecule has 0 unspecified atom stereocenters. The highest BCUT2D eigenvalue weighted by atomic mass is 35.5. The molecule has 0 heterocycles. The topological polar surface area (TPSA) is 35.5 Å². The van der Waals surface area contributed by atoms with E-state index in [0.29, 0.717) is 23.7 Å². The molecule has 0 bridgehead atoms. The molecule has 28 heavy (non-hydrogen) atoms. The van der Waals surface area contributed by atoms with Crippen molar-refractivity contribution in [1.82, 2.24) is 0 Å². The first-order valence-electron chi connectivity index (χ1n) is 10.1. The minimum atomic E-state index is -0.372. The number of ether oxygens (including phenoxy) is 2. The Bertz CT molecular complexity index is 731. The van der Waals surface area contributed by atoms with Crippen molar-refractivity contribution in [1.29, 1.82) is 0 Å². The SMILES string of the molecule is C[C@H](Cl)COc1ccc(C(=O)Oc2ccc(CCC3CC[CH]CC3)cc2)cc1. The third-order valence-electron chi connectivity index (χ3n) is 5.10. The highest BCUT2D eigenvalue weighted by Crippen LogP contribution is 2.27. The maximum atomic E-state index is 12.3. The molecule has 4 heteroatoms. The van der Waals surface area contributed by atoms with Gasteiger partial charge in [0, 0.05) is 0 Å². The summed E-state index contributed by atoms with van der Waals surface area (Å²) in [6, 6.07) is 14.8. The van der Waals surface area contributed by atoms with Crippen molar-refractivity contribution in [3.8, 4) is 11.5 Å². The fraction of sp³-hybridized carbons (Fsp3) is 0.417. The van der Waals surface area contributed by atoms with Gasteiger partial charge in [-0.05, 0) is 86.9 Å². The molecule has 2 aromatic carbocycles. The summed E-state index contributed by atoms with van der Waals surface area (Å²) in [7, 11) is 0. The second-order valence-corrected chi connectivity index (χ2v) is 8.24. The van der Waals surface area contributed by atoms with Crippen LogP contribution in [0.3, 0.4) is 0 Å². The average molecular weight is 400 g/mol. The van der Waals surface area contributed by atoms with Gasteiger partial charge in [-0.2, -0.15) is 0 Å². The minimum absolute atomic E-state index is 0.0613. The molecule has 0 aliphatic heterocycles. The van der Waals surface area contributed by atoms with Crippen molar-refractivity contribution in [2.45, 2.75) is 50.8 Å². The van der Waals surface area contributed by atoms with Crippen LogP contribution >= 0.6 is 11.6 Å². The van der Waals surface area contributed by atoms with E-state index in [1.807, 2.05) is 19.1 Å². The number of halogens is 1. The monoisotopic (exact) mass is 399 g/mol. The molecule has 1 aliphatic carbocycles. The second-order valence-electron chi connectivity index (χ2n) is 7.50. The Labute approximate surface area is 173 Å². The molecule has 0 N–H and O–H groups in total. The molecule has 0 amide bonds. The Hall–Kier alpha value is -2.00. The molecular weight excluding hydrogens is 372 g/mol. The average Bonchev–Trinajstić information content (AvgIpc) is 2.73. The van der Waals surface area contributed by atoms with Crippen LogP contribution in [0.15, 0.2) is 48.5 Å². The lowest BCUT2D eigenvalue weighted by molar-refractivity contribution is 0.0734. The lowest BCUT2D eigenvalue weighted by Gasteiger charge is -2.21. The first-order chi connectivity index (χ1) is 13.6. The standard InChI is InChI=1S/C24H28ClO3/c1-18(25)17-27-22-15-11-21(12-16-22)24(26)28-23-13-9-20(10-14-23)8-7-19-5-3-2-4-6-19/h2,9-16,18-19H,3-8,17H2,1H3/t18-/m0/s1. The Kier molecular flexibility index (Phi) is 7.79. The van der Waals surface area contributed by atoms with Crippen molar-refractivity contribution in [3.63, 3.8) is 0 Å². The Morgan fingerprint density at radius 2 is 1.68 bits per heavy atom. The van der Waals surface area contributed by atoms with Gasteiger partial charge in [0.15, 0.2) is 0 Å². The van der Waals surface area contributed by atoms with Crippen molar-refractivity contribution < 1.29 is 14.3 Å². The predicted molar refractivity (Wildman–Crippen MR) is 113 cm³/mol. The van der Waals surface area contributed by atoms with Crippen molar-refractivity contribution in [3.05, 3.63) is 66.1 Å². The van der Waals surface area contributed by atoms with Crippen LogP contribution in [0.1, 0.15) is 54.9 Å². The first kappa shape index (κ1) is 20.7. The van der Waals surface area contributed by atoms with Crippen LogP contribution in [0.5, 0.6) is 11.5 Å². The lowest BCUT2D eigenvalue weighted by Crippen LogP contribution is -2.10. The van der Waals surface area contributed by atoms with Gasteiger partial charge >= 0.3 is 5.97 Å². The summed E-state index contributed by atoms with van der Waals surface area (Å²) < 4.78 is 11.0. The van der Waals surface area contributed by atoms with Crippen molar-refractivity contribution >= 4 is 17.6 Å². The smallest absolute Gasteiger partial charge is 0.343 e. The van der Waals surface area contributed by atoms with Gasteiger partial charge in [-0.1, -0.05) is 25.0 Å². The van der Waals surface area contributed by atoms with E-state index in [1.165, 1.54) is 37.7 Å². The number of carbonyl (C=O) groups is 1. The molecule has 3 nitrogen and oxygen atoms in total. The molecular formula is C24H28ClO3. The summed E-state index contributed by atoms with van der Waals surface area (Å²) in [6.07, 6.45) is 9.90. The fourth-order valence-electron chi connectivity index (χ4n) is 3.44. The maximum Gasteiger partial charge on any atom is 0.343 e. The van der Waals surface area contributed by atoms with Crippen LogP contribution in [-0.2, 0) is 6.42 Å². The number of alkyl halides is 1. The highest BCUT2D eigenvalue weighted by molar-refractivity contribution is 6.20. The van der Waals surface area contributed by atoms with Gasteiger partial charge in [-0.3, -0.25) is 0 Å². The molecule has 0 saturated heterocycles. The van der Waals surface area contributed by atoms with E-state index in [1.54, 1.807) is 24.3 Å². The molecule has 0 spiro atoms. The van der Waals surface area contributed by atoms with Crippen LogP contribution in [0.4, 0.5) is 0 Å². The molecule has 1 aliphatic rings. The third kappa shape index (κ3) is 6.56. The van der Waals surface area contributed by atoms with Crippen LogP contribution in [-0.4, -0.2) is 18.0 Å². The fourth-order valence-corrected chi connectivity index (χ4v) is 3.51. The Balaban J connectivity index is 1.48. The van der Waals surface area contributed by atoms with Crippen LogP contribution in [0, 0.1) is 12.3 Å². The third-order valence-corrected chi connectivity index (χ3v) is 5.23. The zero-order valence-electron chi connectivity index (χ0n) is 16.4. The summed E-state index contributed by atoms with van der Waals surface area (Å²) >= 11 is 5.87. The van der Waals surface area contributed by atoms with Crippen LogP contribution in [0.2, 0.25) is 0 Å². The minimum Gasteiger partial charge on any atom is -0.492 e. The van der Waals surface area contributed by atoms with Gasteiger partial charge in [0.1, 0.15) is 18.1 Å². The molecule has 149 valence electrons. The molecule has 0 aromatic heterocycles. The highest BCUT2D eigenvalue weighted by Gasteiger charge is 2.13. The molecule has 3 rings (SSSR count). The van der Waals surface area contributed by atoms with Crippen LogP contribution < -0.4 is 9.47 Å². The van der Waals surface area contributed by atoms with Gasteiger partial charge < -0.3 is 9.47 Å². The Morgan fingerprint density at radius 1 is 1.04 bits per heavy atom. The van der Waals surface area contributed by atoms with Gasteiger partial charge in [-0.25, -0.2) is 4.79 Å². The molecule has 1 radical (unpaired) electrons. The number of hydrogen-bond donors (Lipinski definition) is 0. The molecule has 1 atom stereocenters. The summed E-state index contributed by atoms with van der Waals surface area (Å²) in [5.41, 5.74) is 1.79. The van der Waals surface area contributed by atoms with Crippen molar-refractivity contribution in [2.24, 2.45) is 5.92 Å². The normalized spacial score (nSPS) is 15.8. The van der Waals surface area contributed by atoms with E-state index in [0.717, 1.165) is 12.3 Å². The summed E-state index contributed by atoms with van der Waals surface area (Å²) in [6.45, 7) is 2.30. The van der Waals surface area contributed by atoms with E-state index in [2.05, 4.69) is 18.6 Å². The second kappa shape index (κ2) is 10.5. The van der Waals surface area contributed by atoms with E-state index >= 15 is 0 Å². The van der Waals surface area contributed by atoms with Gasteiger partial charge in [-0.15, -0.1) is 11.6 Å². The molecule has 1 saturated carbocycles. The number of hydrogen-bond acceptors (Lipinski definition) is 3. The molecule has 1 fully saturated rings. The van der Waals surface area contributed by atoms with E-state index in [4.69, 9.17) is 21.1 Å². The van der Waals surface area contributed by atoms with Crippen molar-refractivity contribution in [2.75, 3.05) is 6.61 Å². The largest absolute Gasteiger partial charge is 0.492 e. The van der Waals surface area contributed by atoms with Crippen LogP contribution in [0.25, 0.3) is 0 Å². The summed E-state index contributed by atoms with van der Waals surface area (Å²) in [5, 5.41) is -0.0613. The van der Waals surface area contributed by atoms with E-state index in [-0.39, 0.29) is 11.3 Å².